The third-order valence-corrected chi connectivity index (χ3v) is 5.34. The Balaban J connectivity index is 1.69. The van der Waals surface area contributed by atoms with Crippen molar-refractivity contribution in [1.82, 2.24) is 5.32 Å². The van der Waals surface area contributed by atoms with Crippen LogP contribution in [0.3, 0.4) is 0 Å². The topological polar surface area (TPSA) is 12.0 Å². The average Bonchev–Trinajstić information content (AvgIpc) is 3.31. The molecule has 2 heteroatoms. The number of hydrogen-bond donors (Lipinski definition) is 1. The lowest BCUT2D eigenvalue weighted by Gasteiger charge is -2.37. The lowest BCUT2D eigenvalue weighted by atomic mass is 9.70. The Kier molecular flexibility index (Phi) is 4.95. The van der Waals surface area contributed by atoms with Crippen molar-refractivity contribution in [2.24, 2.45) is 11.8 Å². The lowest BCUT2D eigenvalue weighted by Crippen LogP contribution is -2.33. The molecule has 3 rings (SSSR count). The molecule has 3 unspecified atom stereocenters. The minimum Gasteiger partial charge on any atom is -0.314 e. The van der Waals surface area contributed by atoms with E-state index in [0.717, 1.165) is 24.4 Å². The van der Waals surface area contributed by atoms with E-state index < -0.39 is 0 Å². The van der Waals surface area contributed by atoms with E-state index in [2.05, 4.69) is 12.2 Å². The van der Waals surface area contributed by atoms with Gasteiger partial charge in [-0.2, -0.15) is 0 Å². The van der Waals surface area contributed by atoms with Gasteiger partial charge in [-0.1, -0.05) is 38.3 Å². The van der Waals surface area contributed by atoms with Crippen LogP contribution in [0, 0.1) is 17.7 Å². The molecule has 2 saturated carbocycles. The summed E-state index contributed by atoms with van der Waals surface area (Å²) in [6, 6.07) is 8.07. The second kappa shape index (κ2) is 6.91. The Morgan fingerprint density at radius 2 is 1.86 bits per heavy atom. The molecular weight excluding hydrogens is 261 g/mol. The van der Waals surface area contributed by atoms with Gasteiger partial charge in [-0.3, -0.25) is 0 Å². The number of hydrogen-bond acceptors (Lipinski definition) is 1. The summed E-state index contributed by atoms with van der Waals surface area (Å²) in [5, 5.41) is 3.71. The molecule has 0 spiro atoms. The standard InChI is InChI=1S/C19H28FN/c1-2-3-14-4-5-16(13-21-18-10-11-18)19(12-14)15-6-8-17(20)9-7-15/h6-9,14,16,18-19,21H,2-5,10-13H2,1H3. The maximum Gasteiger partial charge on any atom is 0.123 e. The van der Waals surface area contributed by atoms with Crippen molar-refractivity contribution in [3.05, 3.63) is 35.6 Å². The van der Waals surface area contributed by atoms with E-state index in [0.29, 0.717) is 5.92 Å². The molecule has 0 radical (unpaired) electrons. The van der Waals surface area contributed by atoms with E-state index in [1.807, 2.05) is 12.1 Å². The molecule has 1 aromatic carbocycles. The first kappa shape index (κ1) is 15.0. The molecule has 21 heavy (non-hydrogen) atoms. The minimum absolute atomic E-state index is 0.118. The van der Waals surface area contributed by atoms with E-state index >= 15 is 0 Å². The average molecular weight is 289 g/mol. The molecule has 2 aliphatic rings. The number of nitrogens with one attached hydrogen (secondary N) is 1. The Bertz CT molecular complexity index is 437. The van der Waals surface area contributed by atoms with E-state index in [1.54, 1.807) is 12.1 Å². The van der Waals surface area contributed by atoms with Crippen LogP contribution in [0.15, 0.2) is 24.3 Å². The van der Waals surface area contributed by atoms with Gasteiger partial charge in [0.15, 0.2) is 0 Å². The summed E-state index contributed by atoms with van der Waals surface area (Å²) in [4.78, 5) is 0. The normalized spacial score (nSPS) is 29.5. The predicted molar refractivity (Wildman–Crippen MR) is 85.9 cm³/mol. The molecule has 116 valence electrons. The highest BCUT2D eigenvalue weighted by atomic mass is 19.1. The minimum atomic E-state index is -0.118. The van der Waals surface area contributed by atoms with E-state index in [4.69, 9.17) is 0 Å². The van der Waals surface area contributed by atoms with Gasteiger partial charge in [0.05, 0.1) is 0 Å². The van der Waals surface area contributed by atoms with Crippen molar-refractivity contribution in [2.45, 2.75) is 63.8 Å². The van der Waals surface area contributed by atoms with Gasteiger partial charge in [0.1, 0.15) is 5.82 Å². The van der Waals surface area contributed by atoms with Gasteiger partial charge >= 0.3 is 0 Å². The Morgan fingerprint density at radius 1 is 1.10 bits per heavy atom. The lowest BCUT2D eigenvalue weighted by molar-refractivity contribution is 0.220. The molecule has 2 aliphatic carbocycles. The van der Waals surface area contributed by atoms with E-state index in [9.17, 15) is 4.39 Å². The van der Waals surface area contributed by atoms with Gasteiger partial charge in [0.25, 0.3) is 0 Å². The van der Waals surface area contributed by atoms with Crippen LogP contribution in [-0.4, -0.2) is 12.6 Å². The van der Waals surface area contributed by atoms with Crippen molar-refractivity contribution in [1.29, 1.82) is 0 Å². The first-order valence-corrected chi connectivity index (χ1v) is 8.75. The smallest absolute Gasteiger partial charge is 0.123 e. The van der Waals surface area contributed by atoms with Crippen LogP contribution in [0.25, 0.3) is 0 Å². The van der Waals surface area contributed by atoms with Crippen LogP contribution in [0.4, 0.5) is 4.39 Å². The highest BCUT2D eigenvalue weighted by Crippen LogP contribution is 2.42. The predicted octanol–water partition coefficient (Wildman–Crippen LogP) is 4.88. The maximum atomic E-state index is 13.2. The second-order valence-corrected chi connectivity index (χ2v) is 7.07. The van der Waals surface area contributed by atoms with Crippen LogP contribution >= 0.6 is 0 Å². The van der Waals surface area contributed by atoms with Crippen LogP contribution in [0.5, 0.6) is 0 Å². The fourth-order valence-electron chi connectivity index (χ4n) is 3.96. The summed E-state index contributed by atoms with van der Waals surface area (Å²) in [6.07, 6.45) is 9.33. The largest absolute Gasteiger partial charge is 0.314 e. The zero-order valence-corrected chi connectivity index (χ0v) is 13.2. The molecule has 0 amide bonds. The van der Waals surface area contributed by atoms with Crippen molar-refractivity contribution < 1.29 is 4.39 Å². The summed E-state index contributed by atoms with van der Waals surface area (Å²) in [7, 11) is 0. The molecule has 0 heterocycles. The monoisotopic (exact) mass is 289 g/mol. The molecule has 1 nitrogen and oxygen atoms in total. The first-order valence-electron chi connectivity index (χ1n) is 8.75. The summed E-state index contributed by atoms with van der Waals surface area (Å²) in [6.45, 7) is 3.43. The molecule has 1 aromatic rings. The third kappa shape index (κ3) is 4.06. The summed E-state index contributed by atoms with van der Waals surface area (Å²) in [5.41, 5.74) is 1.35. The highest BCUT2D eigenvalue weighted by Gasteiger charge is 2.32. The fourth-order valence-corrected chi connectivity index (χ4v) is 3.96. The maximum absolute atomic E-state index is 13.2. The number of benzene rings is 1. The zero-order valence-electron chi connectivity index (χ0n) is 13.2. The summed E-state index contributed by atoms with van der Waals surface area (Å²) < 4.78 is 13.2. The number of halogens is 1. The SMILES string of the molecule is CCCC1CCC(CNC2CC2)C(c2ccc(F)cc2)C1. The Labute approximate surface area is 128 Å². The summed E-state index contributed by atoms with van der Waals surface area (Å²) in [5.74, 6) is 2.08. The fraction of sp³-hybridized carbons (Fsp3) is 0.684. The second-order valence-electron chi connectivity index (χ2n) is 7.07. The van der Waals surface area contributed by atoms with Crippen molar-refractivity contribution in [3.8, 4) is 0 Å². The van der Waals surface area contributed by atoms with Crippen LogP contribution in [0.1, 0.15) is 63.4 Å². The van der Waals surface area contributed by atoms with E-state index in [-0.39, 0.29) is 5.82 Å². The molecular formula is C19H28FN. The molecule has 0 aromatic heterocycles. The number of rotatable bonds is 6. The molecule has 1 N–H and O–H groups in total. The first-order chi connectivity index (χ1) is 10.3. The quantitative estimate of drug-likeness (QED) is 0.787. The highest BCUT2D eigenvalue weighted by molar-refractivity contribution is 5.22. The van der Waals surface area contributed by atoms with Crippen molar-refractivity contribution >= 4 is 0 Å². The van der Waals surface area contributed by atoms with Crippen molar-refractivity contribution in [2.75, 3.05) is 6.54 Å². The third-order valence-electron chi connectivity index (χ3n) is 5.34. The van der Waals surface area contributed by atoms with Gasteiger partial charge in [-0.05, 0) is 67.7 Å². The molecule has 0 bridgehead atoms. The molecule has 0 aliphatic heterocycles. The van der Waals surface area contributed by atoms with Gasteiger partial charge in [-0.15, -0.1) is 0 Å². The van der Waals surface area contributed by atoms with Gasteiger partial charge in [0, 0.05) is 6.04 Å². The van der Waals surface area contributed by atoms with Gasteiger partial charge < -0.3 is 5.32 Å². The summed E-state index contributed by atoms with van der Waals surface area (Å²) >= 11 is 0. The van der Waals surface area contributed by atoms with Crippen LogP contribution in [0.2, 0.25) is 0 Å². The molecule has 3 atom stereocenters. The van der Waals surface area contributed by atoms with Crippen LogP contribution < -0.4 is 5.32 Å². The van der Waals surface area contributed by atoms with E-state index in [1.165, 1.54) is 50.5 Å². The van der Waals surface area contributed by atoms with Crippen molar-refractivity contribution in [3.63, 3.8) is 0 Å². The van der Waals surface area contributed by atoms with Gasteiger partial charge in [-0.25, -0.2) is 4.39 Å². The van der Waals surface area contributed by atoms with Crippen LogP contribution in [-0.2, 0) is 0 Å². The zero-order chi connectivity index (χ0) is 14.7. The van der Waals surface area contributed by atoms with Gasteiger partial charge in [0.2, 0.25) is 0 Å². The Hall–Kier alpha value is -0.890. The Morgan fingerprint density at radius 3 is 2.52 bits per heavy atom. The molecule has 2 fully saturated rings. The molecule has 0 saturated heterocycles.